The zero-order chi connectivity index (χ0) is 9.90. The monoisotopic (exact) mass is 220 g/mol. The highest BCUT2D eigenvalue weighted by Crippen LogP contribution is 2.42. The molecule has 0 radical (unpaired) electrons. The molecule has 0 aromatic heterocycles. The van der Waals surface area contributed by atoms with Crippen molar-refractivity contribution in [3.05, 3.63) is 24.3 Å². The van der Waals surface area contributed by atoms with Gasteiger partial charge in [-0.3, -0.25) is 4.57 Å². The minimum absolute atomic E-state index is 0.0425. The normalized spacial score (nSPS) is 11.5. The van der Waals surface area contributed by atoms with Gasteiger partial charge in [0, 0.05) is 4.90 Å². The van der Waals surface area contributed by atoms with Crippen molar-refractivity contribution in [2.75, 3.05) is 5.49 Å². The first kappa shape index (κ1) is 10.6. The molecule has 1 aromatic carbocycles. The van der Waals surface area contributed by atoms with Crippen LogP contribution in [0.2, 0.25) is 0 Å². The SMILES string of the molecule is O=P(O)(O)CSc1ccccc1O. The largest absolute Gasteiger partial charge is 0.507 e. The fourth-order valence-corrected chi connectivity index (χ4v) is 2.35. The van der Waals surface area contributed by atoms with Crippen molar-refractivity contribution in [3.63, 3.8) is 0 Å². The van der Waals surface area contributed by atoms with E-state index in [1.165, 1.54) is 6.07 Å². The van der Waals surface area contributed by atoms with Gasteiger partial charge in [0.15, 0.2) is 0 Å². The van der Waals surface area contributed by atoms with Gasteiger partial charge in [-0.1, -0.05) is 12.1 Å². The van der Waals surface area contributed by atoms with Crippen LogP contribution < -0.4 is 0 Å². The number of phenols is 1. The van der Waals surface area contributed by atoms with Crippen molar-refractivity contribution in [1.29, 1.82) is 0 Å². The van der Waals surface area contributed by atoms with Crippen molar-refractivity contribution in [1.82, 2.24) is 0 Å². The Morgan fingerprint density at radius 3 is 2.46 bits per heavy atom. The van der Waals surface area contributed by atoms with Crippen LogP contribution in [0, 0.1) is 0 Å². The number of para-hydroxylation sites is 1. The van der Waals surface area contributed by atoms with Crippen molar-refractivity contribution in [2.24, 2.45) is 0 Å². The van der Waals surface area contributed by atoms with Crippen molar-refractivity contribution in [2.45, 2.75) is 4.90 Å². The van der Waals surface area contributed by atoms with Crippen LogP contribution in [0.1, 0.15) is 0 Å². The van der Waals surface area contributed by atoms with Gasteiger partial charge in [0.1, 0.15) is 11.2 Å². The minimum Gasteiger partial charge on any atom is -0.507 e. The molecule has 0 saturated carbocycles. The van der Waals surface area contributed by atoms with E-state index < -0.39 is 7.60 Å². The third-order valence-corrected chi connectivity index (χ3v) is 3.77. The molecule has 0 atom stereocenters. The average molecular weight is 220 g/mol. The smallest absolute Gasteiger partial charge is 0.335 e. The molecule has 1 aromatic rings. The highest BCUT2D eigenvalue weighted by molar-refractivity contribution is 8.04. The lowest BCUT2D eigenvalue weighted by atomic mass is 10.3. The summed E-state index contributed by atoms with van der Waals surface area (Å²) in [6.45, 7) is 0. The highest BCUT2D eigenvalue weighted by Gasteiger charge is 2.14. The molecule has 0 fully saturated rings. The van der Waals surface area contributed by atoms with Crippen LogP contribution in [0.15, 0.2) is 29.2 Å². The molecular weight excluding hydrogens is 211 g/mol. The first-order valence-corrected chi connectivity index (χ1v) is 6.23. The number of aromatic hydroxyl groups is 1. The van der Waals surface area contributed by atoms with Crippen LogP contribution in [0.4, 0.5) is 0 Å². The molecule has 0 aliphatic rings. The second-order valence-corrected chi connectivity index (χ2v) is 5.50. The van der Waals surface area contributed by atoms with Crippen molar-refractivity contribution < 1.29 is 19.5 Å². The Hall–Kier alpha value is -0.480. The molecule has 0 saturated heterocycles. The Morgan fingerprint density at radius 2 is 1.92 bits per heavy atom. The first-order chi connectivity index (χ1) is 5.99. The van der Waals surface area contributed by atoms with Gasteiger partial charge in [0.25, 0.3) is 0 Å². The lowest BCUT2D eigenvalue weighted by molar-refractivity contribution is 0.379. The first-order valence-electron chi connectivity index (χ1n) is 3.44. The van der Waals surface area contributed by atoms with Crippen LogP contribution in [0.5, 0.6) is 5.75 Å². The van der Waals surface area contributed by atoms with Crippen LogP contribution in [-0.2, 0) is 4.57 Å². The molecule has 13 heavy (non-hydrogen) atoms. The molecule has 3 N–H and O–H groups in total. The Balaban J connectivity index is 2.65. The predicted molar refractivity (Wildman–Crippen MR) is 50.9 cm³/mol. The number of hydrogen-bond acceptors (Lipinski definition) is 3. The molecule has 0 spiro atoms. The summed E-state index contributed by atoms with van der Waals surface area (Å²) in [5, 5.41) is 9.23. The molecule has 1 rings (SSSR count). The third-order valence-electron chi connectivity index (χ3n) is 1.25. The number of benzene rings is 1. The summed E-state index contributed by atoms with van der Waals surface area (Å²) in [7, 11) is -4.00. The zero-order valence-corrected chi connectivity index (χ0v) is 8.33. The van der Waals surface area contributed by atoms with Gasteiger partial charge < -0.3 is 14.9 Å². The quantitative estimate of drug-likeness (QED) is 0.533. The summed E-state index contributed by atoms with van der Waals surface area (Å²) in [5.74, 6) is 0.0425. The molecule has 0 bridgehead atoms. The topological polar surface area (TPSA) is 77.8 Å². The van der Waals surface area contributed by atoms with Crippen LogP contribution in [0.3, 0.4) is 0 Å². The van der Waals surface area contributed by atoms with E-state index in [0.29, 0.717) is 4.90 Å². The van der Waals surface area contributed by atoms with E-state index >= 15 is 0 Å². The number of hydrogen-bond donors (Lipinski definition) is 3. The van der Waals surface area contributed by atoms with Crippen LogP contribution in [-0.4, -0.2) is 20.4 Å². The minimum atomic E-state index is -4.00. The molecule has 0 amide bonds. The lowest BCUT2D eigenvalue weighted by Gasteiger charge is -2.04. The van der Waals surface area contributed by atoms with Gasteiger partial charge in [0.05, 0.1) is 0 Å². The second-order valence-electron chi connectivity index (χ2n) is 2.41. The molecular formula is C7H9O4PS. The van der Waals surface area contributed by atoms with Gasteiger partial charge in [-0.05, 0) is 12.1 Å². The summed E-state index contributed by atoms with van der Waals surface area (Å²) in [5.41, 5.74) is -0.315. The van der Waals surface area contributed by atoms with Crippen LogP contribution >= 0.6 is 19.4 Å². The highest BCUT2D eigenvalue weighted by atomic mass is 32.2. The van der Waals surface area contributed by atoms with E-state index in [4.69, 9.17) is 9.79 Å². The Bertz CT molecular complexity index is 335. The van der Waals surface area contributed by atoms with E-state index in [1.807, 2.05) is 0 Å². The summed E-state index contributed by atoms with van der Waals surface area (Å²) < 4.78 is 10.5. The van der Waals surface area contributed by atoms with Gasteiger partial charge in [-0.2, -0.15) is 0 Å². The zero-order valence-electron chi connectivity index (χ0n) is 6.62. The van der Waals surface area contributed by atoms with E-state index in [1.54, 1.807) is 18.2 Å². The fraction of sp³-hybridized carbons (Fsp3) is 0.143. The van der Waals surface area contributed by atoms with Gasteiger partial charge in [0.2, 0.25) is 0 Å². The Labute approximate surface area is 79.8 Å². The second kappa shape index (κ2) is 4.15. The molecule has 0 unspecified atom stereocenters. The molecule has 0 aliphatic carbocycles. The molecule has 0 aliphatic heterocycles. The average Bonchev–Trinajstić information content (AvgIpc) is 2.01. The van der Waals surface area contributed by atoms with Crippen LogP contribution in [0.25, 0.3) is 0 Å². The molecule has 6 heteroatoms. The Kier molecular flexibility index (Phi) is 3.39. The third kappa shape index (κ3) is 3.83. The van der Waals surface area contributed by atoms with Gasteiger partial charge in [-0.15, -0.1) is 11.8 Å². The number of thioether (sulfide) groups is 1. The number of phenolic OH excluding ortho intramolecular Hbond substituents is 1. The summed E-state index contributed by atoms with van der Waals surface area (Å²) >= 11 is 0.941. The Morgan fingerprint density at radius 1 is 1.31 bits per heavy atom. The van der Waals surface area contributed by atoms with Crippen molar-refractivity contribution >= 4 is 19.4 Å². The summed E-state index contributed by atoms with van der Waals surface area (Å²) in [6, 6.07) is 6.43. The summed E-state index contributed by atoms with van der Waals surface area (Å²) in [6.07, 6.45) is 0. The fourth-order valence-electron chi connectivity index (χ4n) is 0.733. The predicted octanol–water partition coefficient (Wildman–Crippen LogP) is 1.62. The summed E-state index contributed by atoms with van der Waals surface area (Å²) in [4.78, 5) is 17.6. The maximum absolute atomic E-state index is 10.5. The standard InChI is InChI=1S/C7H9O4PS/c8-6-3-1-2-4-7(6)13-5-12(9,10)11/h1-4,8H,5H2,(H2,9,10,11). The van der Waals surface area contributed by atoms with E-state index in [-0.39, 0.29) is 11.2 Å². The van der Waals surface area contributed by atoms with Crippen molar-refractivity contribution in [3.8, 4) is 5.75 Å². The van der Waals surface area contributed by atoms with E-state index in [0.717, 1.165) is 11.8 Å². The van der Waals surface area contributed by atoms with E-state index in [2.05, 4.69) is 0 Å². The maximum Gasteiger partial charge on any atom is 0.335 e. The van der Waals surface area contributed by atoms with E-state index in [9.17, 15) is 9.67 Å². The maximum atomic E-state index is 10.5. The molecule has 0 heterocycles. The molecule has 4 nitrogen and oxygen atoms in total. The van der Waals surface area contributed by atoms with Gasteiger partial charge >= 0.3 is 7.60 Å². The van der Waals surface area contributed by atoms with Gasteiger partial charge in [-0.25, -0.2) is 0 Å². The number of rotatable bonds is 3. The lowest BCUT2D eigenvalue weighted by Crippen LogP contribution is -1.82. The molecule has 72 valence electrons.